The van der Waals surface area contributed by atoms with Gasteiger partial charge in [0, 0.05) is 12.7 Å². The molecule has 0 radical (unpaired) electrons. The molecular weight excluding hydrogens is 329 g/mol. The van der Waals surface area contributed by atoms with Gasteiger partial charge in [-0.25, -0.2) is 9.37 Å². The molecule has 0 aliphatic heterocycles. The lowest BCUT2D eigenvalue weighted by molar-refractivity contribution is 0.0947. The number of pyridine rings is 1. The van der Waals surface area contributed by atoms with E-state index in [4.69, 9.17) is 11.6 Å². The fourth-order valence-electron chi connectivity index (χ4n) is 2.61. The van der Waals surface area contributed by atoms with E-state index in [9.17, 15) is 9.18 Å². The molecule has 6 heteroatoms. The first-order valence-corrected chi connectivity index (χ1v) is 8.15. The van der Waals surface area contributed by atoms with Crippen molar-refractivity contribution in [3.63, 3.8) is 0 Å². The Balaban J connectivity index is 1.75. The van der Waals surface area contributed by atoms with Gasteiger partial charge < -0.3 is 5.32 Å². The van der Waals surface area contributed by atoms with E-state index >= 15 is 0 Å². The van der Waals surface area contributed by atoms with Gasteiger partial charge in [0.1, 0.15) is 17.2 Å². The molecule has 1 aromatic carbocycles. The number of carbonyl (C=O) groups excluding carboxylic acids is 1. The van der Waals surface area contributed by atoms with E-state index < -0.39 is 0 Å². The monoisotopic (exact) mass is 345 g/mol. The van der Waals surface area contributed by atoms with Gasteiger partial charge in [0.2, 0.25) is 0 Å². The average Bonchev–Trinajstić information content (AvgIpc) is 2.94. The van der Waals surface area contributed by atoms with Gasteiger partial charge in [0.05, 0.1) is 10.7 Å². The molecule has 3 aromatic rings. The first-order chi connectivity index (χ1) is 11.6. The number of hydrogen-bond acceptors (Lipinski definition) is 2. The fraction of sp³-hybridized carbons (Fsp3) is 0.222. The number of imidazole rings is 1. The Labute approximate surface area is 144 Å². The molecule has 0 fully saturated rings. The first kappa shape index (κ1) is 16.5. The van der Waals surface area contributed by atoms with E-state index in [1.54, 1.807) is 34.9 Å². The number of nitrogens with zero attached hydrogens (tertiary/aromatic N) is 2. The van der Waals surface area contributed by atoms with E-state index in [1.807, 2.05) is 6.92 Å². The minimum Gasteiger partial charge on any atom is -0.350 e. The van der Waals surface area contributed by atoms with Crippen LogP contribution < -0.4 is 5.32 Å². The van der Waals surface area contributed by atoms with Crippen LogP contribution in [-0.2, 0) is 12.8 Å². The molecule has 2 heterocycles. The van der Waals surface area contributed by atoms with Crippen LogP contribution in [0.2, 0.25) is 5.02 Å². The number of halogens is 2. The lowest BCUT2D eigenvalue weighted by Crippen LogP contribution is -2.27. The Morgan fingerprint density at radius 3 is 2.71 bits per heavy atom. The first-order valence-electron chi connectivity index (χ1n) is 7.77. The van der Waals surface area contributed by atoms with Gasteiger partial charge in [0.15, 0.2) is 0 Å². The summed E-state index contributed by atoms with van der Waals surface area (Å²) in [7, 11) is 0. The molecule has 0 atom stereocenters. The van der Waals surface area contributed by atoms with Crippen LogP contribution in [0.25, 0.3) is 5.65 Å². The average molecular weight is 346 g/mol. The lowest BCUT2D eigenvalue weighted by atomic mass is 10.1. The number of amides is 1. The number of hydrogen-bond donors (Lipinski definition) is 1. The van der Waals surface area contributed by atoms with Gasteiger partial charge in [-0.2, -0.15) is 0 Å². The molecule has 2 aromatic heterocycles. The number of aromatic nitrogens is 2. The number of rotatable bonds is 5. The standard InChI is InChI=1S/C18H17ClFN3O/c1-2-15-17(23-11-13(19)5-8-16(23)22-15)18(24)21-10-9-12-3-6-14(20)7-4-12/h3-8,11H,2,9-10H2,1H3,(H,21,24). The van der Waals surface area contributed by atoms with E-state index in [0.717, 1.165) is 11.3 Å². The van der Waals surface area contributed by atoms with Gasteiger partial charge in [-0.05, 0) is 42.7 Å². The Kier molecular flexibility index (Phi) is 4.81. The highest BCUT2D eigenvalue weighted by atomic mass is 35.5. The summed E-state index contributed by atoms with van der Waals surface area (Å²) in [4.78, 5) is 17.1. The van der Waals surface area contributed by atoms with Crippen LogP contribution in [0.4, 0.5) is 4.39 Å². The molecule has 1 N–H and O–H groups in total. The van der Waals surface area contributed by atoms with Crippen LogP contribution in [0, 0.1) is 5.82 Å². The van der Waals surface area contributed by atoms with Crippen LogP contribution in [0.15, 0.2) is 42.6 Å². The van der Waals surface area contributed by atoms with Gasteiger partial charge in [-0.3, -0.25) is 9.20 Å². The molecule has 0 saturated heterocycles. The normalized spacial score (nSPS) is 11.0. The molecule has 0 aliphatic carbocycles. The summed E-state index contributed by atoms with van der Waals surface area (Å²) >= 11 is 6.03. The van der Waals surface area contributed by atoms with E-state index in [0.29, 0.717) is 35.8 Å². The second-order valence-corrected chi connectivity index (χ2v) is 5.90. The minimum atomic E-state index is -0.266. The zero-order valence-electron chi connectivity index (χ0n) is 13.2. The van der Waals surface area contributed by atoms with Crippen molar-refractivity contribution in [2.75, 3.05) is 6.54 Å². The van der Waals surface area contributed by atoms with Gasteiger partial charge in [-0.15, -0.1) is 0 Å². The van der Waals surface area contributed by atoms with Crippen molar-refractivity contribution in [3.05, 3.63) is 70.4 Å². The summed E-state index contributed by atoms with van der Waals surface area (Å²) in [5.74, 6) is -0.457. The third-order valence-electron chi connectivity index (χ3n) is 3.82. The predicted octanol–water partition coefficient (Wildman–Crippen LogP) is 3.66. The fourth-order valence-corrected chi connectivity index (χ4v) is 2.77. The minimum absolute atomic E-state index is 0.191. The molecule has 3 rings (SSSR count). The largest absolute Gasteiger partial charge is 0.350 e. The highest BCUT2D eigenvalue weighted by Gasteiger charge is 2.18. The molecule has 0 aliphatic rings. The molecule has 0 unspecified atom stereocenters. The van der Waals surface area contributed by atoms with Gasteiger partial charge >= 0.3 is 0 Å². The van der Waals surface area contributed by atoms with Crippen molar-refractivity contribution in [2.45, 2.75) is 19.8 Å². The number of aryl methyl sites for hydroxylation is 1. The van der Waals surface area contributed by atoms with Crippen LogP contribution in [0.5, 0.6) is 0 Å². The zero-order valence-corrected chi connectivity index (χ0v) is 14.0. The number of benzene rings is 1. The molecule has 4 nitrogen and oxygen atoms in total. The topological polar surface area (TPSA) is 46.4 Å². The molecule has 0 spiro atoms. The van der Waals surface area contributed by atoms with Crippen molar-refractivity contribution in [1.29, 1.82) is 0 Å². The summed E-state index contributed by atoms with van der Waals surface area (Å²) in [6, 6.07) is 9.80. The van der Waals surface area contributed by atoms with Crippen LogP contribution in [-0.4, -0.2) is 21.8 Å². The van der Waals surface area contributed by atoms with E-state index in [-0.39, 0.29) is 11.7 Å². The number of fused-ring (bicyclic) bond motifs is 1. The van der Waals surface area contributed by atoms with Crippen LogP contribution in [0.3, 0.4) is 0 Å². The summed E-state index contributed by atoms with van der Waals surface area (Å²) in [6.07, 6.45) is 2.98. The second-order valence-electron chi connectivity index (χ2n) is 5.47. The third-order valence-corrected chi connectivity index (χ3v) is 4.04. The second kappa shape index (κ2) is 7.01. The molecule has 1 amide bonds. The van der Waals surface area contributed by atoms with Crippen molar-refractivity contribution < 1.29 is 9.18 Å². The third kappa shape index (κ3) is 3.41. The quantitative estimate of drug-likeness (QED) is 0.767. The highest BCUT2D eigenvalue weighted by Crippen LogP contribution is 2.17. The Hall–Kier alpha value is -2.40. The van der Waals surface area contributed by atoms with Crippen molar-refractivity contribution >= 4 is 23.2 Å². The maximum Gasteiger partial charge on any atom is 0.270 e. The Bertz CT molecular complexity index is 874. The van der Waals surface area contributed by atoms with Crippen molar-refractivity contribution in [2.24, 2.45) is 0 Å². The van der Waals surface area contributed by atoms with E-state index in [2.05, 4.69) is 10.3 Å². The number of carbonyl (C=O) groups is 1. The zero-order chi connectivity index (χ0) is 17.1. The summed E-state index contributed by atoms with van der Waals surface area (Å²) in [5, 5.41) is 3.44. The van der Waals surface area contributed by atoms with Crippen LogP contribution >= 0.6 is 11.6 Å². The van der Waals surface area contributed by atoms with Gasteiger partial charge in [0.25, 0.3) is 5.91 Å². The Morgan fingerprint density at radius 2 is 2.00 bits per heavy atom. The predicted molar refractivity (Wildman–Crippen MR) is 92.0 cm³/mol. The molecular formula is C18H17ClFN3O. The molecule has 0 saturated carbocycles. The smallest absolute Gasteiger partial charge is 0.270 e. The Morgan fingerprint density at radius 1 is 1.25 bits per heavy atom. The lowest BCUT2D eigenvalue weighted by Gasteiger charge is -2.07. The number of nitrogens with one attached hydrogen (secondary N) is 1. The highest BCUT2D eigenvalue weighted by molar-refractivity contribution is 6.30. The summed E-state index contributed by atoms with van der Waals surface area (Å²) < 4.78 is 14.6. The molecule has 24 heavy (non-hydrogen) atoms. The maximum absolute atomic E-state index is 12.9. The van der Waals surface area contributed by atoms with Crippen LogP contribution in [0.1, 0.15) is 28.7 Å². The summed E-state index contributed by atoms with van der Waals surface area (Å²) in [6.45, 7) is 2.42. The van der Waals surface area contributed by atoms with Crippen molar-refractivity contribution in [1.82, 2.24) is 14.7 Å². The maximum atomic E-state index is 12.9. The molecule has 0 bridgehead atoms. The van der Waals surface area contributed by atoms with Gasteiger partial charge in [-0.1, -0.05) is 30.7 Å². The van der Waals surface area contributed by atoms with Crippen molar-refractivity contribution in [3.8, 4) is 0 Å². The SMILES string of the molecule is CCc1nc2ccc(Cl)cn2c1C(=O)NCCc1ccc(F)cc1. The summed E-state index contributed by atoms with van der Waals surface area (Å²) in [5.41, 5.74) is 2.90. The van der Waals surface area contributed by atoms with E-state index in [1.165, 1.54) is 12.1 Å². The molecule has 124 valence electrons.